The summed E-state index contributed by atoms with van der Waals surface area (Å²) in [5.74, 6) is 0.658. The molecule has 0 radical (unpaired) electrons. The van der Waals surface area contributed by atoms with E-state index < -0.39 is 0 Å². The van der Waals surface area contributed by atoms with Crippen LogP contribution >= 0.6 is 0 Å². The number of aryl methyl sites for hydroxylation is 2. The first kappa shape index (κ1) is 11.6. The topological polar surface area (TPSA) is 29.9 Å². The number of nitrogens with one attached hydrogen (secondary N) is 1. The van der Waals surface area contributed by atoms with Crippen LogP contribution in [0.4, 0.5) is 0 Å². The second-order valence-corrected chi connectivity index (χ2v) is 5.56. The van der Waals surface area contributed by atoms with E-state index in [1.165, 1.54) is 17.7 Å². The fourth-order valence-corrected chi connectivity index (χ4v) is 3.01. The van der Waals surface area contributed by atoms with E-state index in [0.717, 1.165) is 6.54 Å². The molecule has 3 heteroatoms. The minimum absolute atomic E-state index is 0.351. The van der Waals surface area contributed by atoms with Gasteiger partial charge in [0.05, 0.1) is 5.69 Å². The lowest BCUT2D eigenvalue weighted by atomic mass is 9.56. The second kappa shape index (κ2) is 3.88. The predicted molar refractivity (Wildman–Crippen MR) is 66.5 cm³/mol. The molecule has 16 heavy (non-hydrogen) atoms. The molecule has 1 saturated carbocycles. The van der Waals surface area contributed by atoms with E-state index in [1.54, 1.807) is 0 Å². The van der Waals surface area contributed by atoms with E-state index in [9.17, 15) is 0 Å². The lowest BCUT2D eigenvalue weighted by Crippen LogP contribution is -2.55. The van der Waals surface area contributed by atoms with Gasteiger partial charge in [-0.15, -0.1) is 0 Å². The highest BCUT2D eigenvalue weighted by atomic mass is 15.2. The Balaban J connectivity index is 2.17. The Kier molecular flexibility index (Phi) is 2.82. The zero-order chi connectivity index (χ0) is 11.9. The monoisotopic (exact) mass is 221 g/mol. The Hall–Kier alpha value is -0.830. The van der Waals surface area contributed by atoms with Gasteiger partial charge < -0.3 is 5.32 Å². The first-order chi connectivity index (χ1) is 7.46. The molecule has 1 aliphatic carbocycles. The molecule has 2 atom stereocenters. The van der Waals surface area contributed by atoms with E-state index in [4.69, 9.17) is 0 Å². The van der Waals surface area contributed by atoms with Gasteiger partial charge in [0.2, 0.25) is 0 Å². The van der Waals surface area contributed by atoms with Gasteiger partial charge in [-0.25, -0.2) is 0 Å². The molecule has 2 unspecified atom stereocenters. The van der Waals surface area contributed by atoms with Crippen LogP contribution in [0.15, 0.2) is 6.20 Å². The van der Waals surface area contributed by atoms with Gasteiger partial charge in [0, 0.05) is 19.3 Å². The third-order valence-electron chi connectivity index (χ3n) is 4.14. The summed E-state index contributed by atoms with van der Waals surface area (Å²) in [6, 6.07) is 0.655. The van der Waals surface area contributed by atoms with Crippen molar-refractivity contribution in [1.29, 1.82) is 0 Å². The SMILES string of the molecule is CCNC1CC(c2cn(C)nc2C)C1(C)C. The fourth-order valence-electron chi connectivity index (χ4n) is 3.01. The summed E-state index contributed by atoms with van der Waals surface area (Å²) in [6.45, 7) is 10.1. The van der Waals surface area contributed by atoms with Crippen molar-refractivity contribution in [3.8, 4) is 0 Å². The predicted octanol–water partition coefficient (Wildman–Crippen LogP) is 2.22. The van der Waals surface area contributed by atoms with Crippen LogP contribution in [-0.4, -0.2) is 22.4 Å². The molecule has 0 spiro atoms. The number of hydrogen-bond acceptors (Lipinski definition) is 2. The van der Waals surface area contributed by atoms with Crippen LogP contribution in [0.2, 0.25) is 0 Å². The smallest absolute Gasteiger partial charge is 0.0628 e. The average Bonchev–Trinajstić information content (AvgIpc) is 2.51. The molecule has 1 N–H and O–H groups in total. The van der Waals surface area contributed by atoms with Crippen LogP contribution in [0, 0.1) is 12.3 Å². The quantitative estimate of drug-likeness (QED) is 0.848. The summed E-state index contributed by atoms with van der Waals surface area (Å²) in [4.78, 5) is 0. The minimum Gasteiger partial charge on any atom is -0.314 e. The summed E-state index contributed by atoms with van der Waals surface area (Å²) in [5.41, 5.74) is 2.97. The van der Waals surface area contributed by atoms with Crippen molar-refractivity contribution in [2.75, 3.05) is 6.54 Å². The van der Waals surface area contributed by atoms with Crippen LogP contribution in [-0.2, 0) is 7.05 Å². The maximum Gasteiger partial charge on any atom is 0.0628 e. The lowest BCUT2D eigenvalue weighted by molar-refractivity contribution is 0.0702. The van der Waals surface area contributed by atoms with E-state index in [0.29, 0.717) is 17.4 Å². The zero-order valence-electron chi connectivity index (χ0n) is 11.0. The van der Waals surface area contributed by atoms with Crippen molar-refractivity contribution < 1.29 is 0 Å². The van der Waals surface area contributed by atoms with Gasteiger partial charge in [0.15, 0.2) is 0 Å². The largest absolute Gasteiger partial charge is 0.314 e. The van der Waals surface area contributed by atoms with Gasteiger partial charge in [-0.05, 0) is 36.8 Å². The number of nitrogens with zero attached hydrogens (tertiary/aromatic N) is 2. The van der Waals surface area contributed by atoms with Crippen molar-refractivity contribution in [2.24, 2.45) is 12.5 Å². The Morgan fingerprint density at radius 2 is 2.25 bits per heavy atom. The molecule has 1 fully saturated rings. The van der Waals surface area contributed by atoms with Crippen molar-refractivity contribution in [2.45, 2.75) is 46.1 Å². The second-order valence-electron chi connectivity index (χ2n) is 5.56. The fraction of sp³-hybridized carbons (Fsp3) is 0.769. The van der Waals surface area contributed by atoms with Crippen LogP contribution < -0.4 is 5.32 Å². The van der Waals surface area contributed by atoms with Crippen LogP contribution in [0.5, 0.6) is 0 Å². The number of aromatic nitrogens is 2. The molecule has 1 aromatic rings. The van der Waals surface area contributed by atoms with Crippen molar-refractivity contribution in [3.05, 3.63) is 17.5 Å². The maximum absolute atomic E-state index is 4.45. The summed E-state index contributed by atoms with van der Waals surface area (Å²) >= 11 is 0. The van der Waals surface area contributed by atoms with Crippen LogP contribution in [0.3, 0.4) is 0 Å². The Bertz CT molecular complexity index is 379. The van der Waals surface area contributed by atoms with Gasteiger partial charge in [-0.1, -0.05) is 20.8 Å². The first-order valence-corrected chi connectivity index (χ1v) is 6.20. The molecular weight excluding hydrogens is 198 g/mol. The normalized spacial score (nSPS) is 27.8. The molecule has 90 valence electrons. The van der Waals surface area contributed by atoms with Gasteiger partial charge >= 0.3 is 0 Å². The van der Waals surface area contributed by atoms with E-state index in [2.05, 4.69) is 44.3 Å². The zero-order valence-corrected chi connectivity index (χ0v) is 11.0. The van der Waals surface area contributed by atoms with E-state index in [-0.39, 0.29) is 0 Å². The molecule has 2 rings (SSSR count). The molecular formula is C13H23N3. The molecule has 1 aromatic heterocycles. The summed E-state index contributed by atoms with van der Waals surface area (Å²) in [5, 5.41) is 8.02. The number of hydrogen-bond donors (Lipinski definition) is 1. The van der Waals surface area contributed by atoms with E-state index >= 15 is 0 Å². The molecule has 0 aliphatic heterocycles. The van der Waals surface area contributed by atoms with Gasteiger partial charge in [0.25, 0.3) is 0 Å². The summed E-state index contributed by atoms with van der Waals surface area (Å²) in [6.07, 6.45) is 3.43. The van der Waals surface area contributed by atoms with Gasteiger partial charge in [-0.3, -0.25) is 4.68 Å². The Labute approximate surface area is 98.2 Å². The van der Waals surface area contributed by atoms with Gasteiger partial charge in [0.1, 0.15) is 0 Å². The third kappa shape index (κ3) is 1.67. The Morgan fingerprint density at radius 1 is 1.56 bits per heavy atom. The molecule has 0 amide bonds. The third-order valence-corrected chi connectivity index (χ3v) is 4.14. The van der Waals surface area contributed by atoms with E-state index in [1.807, 2.05) is 11.7 Å². The first-order valence-electron chi connectivity index (χ1n) is 6.20. The molecule has 1 heterocycles. The van der Waals surface area contributed by atoms with Crippen molar-refractivity contribution in [3.63, 3.8) is 0 Å². The standard InChI is InChI=1S/C13H23N3/c1-6-14-12-7-11(13(12,3)4)10-8-16(5)15-9(10)2/h8,11-12,14H,6-7H2,1-5H3. The molecule has 3 nitrogen and oxygen atoms in total. The molecule has 1 aliphatic rings. The Morgan fingerprint density at radius 3 is 2.69 bits per heavy atom. The van der Waals surface area contributed by atoms with Gasteiger partial charge in [-0.2, -0.15) is 5.10 Å². The average molecular weight is 221 g/mol. The van der Waals surface area contributed by atoms with Crippen molar-refractivity contribution in [1.82, 2.24) is 15.1 Å². The summed E-state index contributed by atoms with van der Waals surface area (Å²) in [7, 11) is 2.00. The minimum atomic E-state index is 0.351. The number of rotatable bonds is 3. The van der Waals surface area contributed by atoms with Crippen LogP contribution in [0.25, 0.3) is 0 Å². The van der Waals surface area contributed by atoms with Crippen molar-refractivity contribution >= 4 is 0 Å². The molecule has 0 saturated heterocycles. The molecule has 0 aromatic carbocycles. The highest BCUT2D eigenvalue weighted by Crippen LogP contribution is 2.52. The maximum atomic E-state index is 4.45. The highest BCUT2D eigenvalue weighted by Gasteiger charge is 2.49. The summed E-state index contributed by atoms with van der Waals surface area (Å²) < 4.78 is 1.93. The highest BCUT2D eigenvalue weighted by molar-refractivity contribution is 5.28. The lowest BCUT2D eigenvalue weighted by Gasteiger charge is -2.52. The molecule has 0 bridgehead atoms. The van der Waals surface area contributed by atoms with Crippen LogP contribution in [0.1, 0.15) is 44.4 Å².